The molecule has 0 bridgehead atoms. The molecule has 1 N–H and O–H groups in total. The lowest BCUT2D eigenvalue weighted by Crippen LogP contribution is -2.65. The van der Waals surface area contributed by atoms with Gasteiger partial charge in [0, 0.05) is 12.1 Å². The lowest BCUT2D eigenvalue weighted by molar-refractivity contribution is -0.155. The molecule has 186 valence electrons. The molecule has 1 amide bonds. The summed E-state index contributed by atoms with van der Waals surface area (Å²) in [5.41, 5.74) is 2.77. The van der Waals surface area contributed by atoms with Crippen LogP contribution in [0.25, 0.3) is 0 Å². The van der Waals surface area contributed by atoms with Gasteiger partial charge >= 0.3 is 12.1 Å². The molecule has 1 saturated heterocycles. The van der Waals surface area contributed by atoms with E-state index in [9.17, 15) is 14.4 Å². The molecule has 3 aromatic rings. The number of ether oxygens (including phenoxy) is 2. The van der Waals surface area contributed by atoms with Gasteiger partial charge in [0.1, 0.15) is 6.17 Å². The van der Waals surface area contributed by atoms with E-state index in [1.54, 1.807) is 49.1 Å². The zero-order valence-electron chi connectivity index (χ0n) is 20.3. The maximum Gasteiger partial charge on any atom is 0.426 e. The van der Waals surface area contributed by atoms with Crippen LogP contribution in [0.4, 0.5) is 4.79 Å². The van der Waals surface area contributed by atoms with Crippen LogP contribution in [-0.4, -0.2) is 46.6 Å². The van der Waals surface area contributed by atoms with Gasteiger partial charge in [-0.25, -0.2) is 19.5 Å². The summed E-state index contributed by atoms with van der Waals surface area (Å²) >= 11 is 0. The van der Waals surface area contributed by atoms with Crippen molar-refractivity contribution in [1.29, 1.82) is 0 Å². The fourth-order valence-corrected chi connectivity index (χ4v) is 4.37. The minimum Gasteiger partial charge on any atom is -0.463 e. The SMILES string of the molecule is CCOC(=O)N1NC(C(=O)OCC)(C(=O)c2ccccc2)N(Cc2ccccc2)C1c1ccccc1. The van der Waals surface area contributed by atoms with E-state index >= 15 is 0 Å². The molecule has 0 radical (unpaired) electrons. The number of rotatable bonds is 8. The standard InChI is InChI=1S/C28H29N3O5/c1-3-35-26(33)28(24(32)22-16-10-6-11-17-22)29-31(27(34)36-4-2)25(23-18-12-7-13-19-23)30(28)20-21-14-8-5-9-15-21/h5-19,25,29H,3-4,20H2,1-2H3. The maximum atomic E-state index is 14.2. The summed E-state index contributed by atoms with van der Waals surface area (Å²) in [6.45, 7) is 3.71. The van der Waals surface area contributed by atoms with E-state index < -0.39 is 29.7 Å². The first-order valence-electron chi connectivity index (χ1n) is 11.9. The number of hydrazine groups is 1. The van der Waals surface area contributed by atoms with Crippen LogP contribution in [0.5, 0.6) is 0 Å². The molecule has 0 spiro atoms. The van der Waals surface area contributed by atoms with Crippen molar-refractivity contribution in [3.8, 4) is 0 Å². The fourth-order valence-electron chi connectivity index (χ4n) is 4.37. The highest BCUT2D eigenvalue weighted by molar-refractivity contribution is 6.16. The minimum absolute atomic E-state index is 0.0545. The molecule has 8 heteroatoms. The number of Topliss-reactive ketones (excluding diaryl/α,β-unsaturated/α-hetero) is 1. The molecule has 36 heavy (non-hydrogen) atoms. The van der Waals surface area contributed by atoms with Gasteiger partial charge in [-0.15, -0.1) is 0 Å². The first kappa shape index (κ1) is 25.1. The first-order valence-corrected chi connectivity index (χ1v) is 11.9. The van der Waals surface area contributed by atoms with Crippen molar-refractivity contribution in [2.75, 3.05) is 13.2 Å². The Morgan fingerprint density at radius 2 is 1.36 bits per heavy atom. The van der Waals surface area contributed by atoms with E-state index in [-0.39, 0.29) is 19.8 Å². The van der Waals surface area contributed by atoms with Gasteiger partial charge in [0.2, 0.25) is 5.78 Å². The summed E-state index contributed by atoms with van der Waals surface area (Å²) in [5.74, 6) is -1.34. The maximum absolute atomic E-state index is 14.2. The van der Waals surface area contributed by atoms with E-state index in [0.29, 0.717) is 11.1 Å². The fraction of sp³-hybridized carbons (Fsp3) is 0.250. The number of carbonyl (C=O) groups excluding carboxylic acids is 3. The second kappa shape index (κ2) is 11.2. The summed E-state index contributed by atoms with van der Waals surface area (Å²) in [4.78, 5) is 42.8. The summed E-state index contributed by atoms with van der Waals surface area (Å²) in [7, 11) is 0. The lowest BCUT2D eigenvalue weighted by Gasteiger charge is -2.35. The number of hydrogen-bond donors (Lipinski definition) is 1. The van der Waals surface area contributed by atoms with E-state index in [4.69, 9.17) is 9.47 Å². The van der Waals surface area contributed by atoms with Gasteiger partial charge in [-0.05, 0) is 25.0 Å². The molecular weight excluding hydrogens is 458 g/mol. The minimum atomic E-state index is -2.03. The van der Waals surface area contributed by atoms with Gasteiger partial charge < -0.3 is 9.47 Å². The number of esters is 1. The molecule has 2 unspecified atom stereocenters. The molecule has 3 aromatic carbocycles. The number of ketones is 1. The second-order valence-corrected chi connectivity index (χ2v) is 8.20. The Bertz CT molecular complexity index is 1190. The third kappa shape index (κ3) is 4.73. The number of carbonyl (C=O) groups is 3. The molecule has 1 fully saturated rings. The smallest absolute Gasteiger partial charge is 0.426 e. The number of hydrogen-bond acceptors (Lipinski definition) is 7. The zero-order valence-corrected chi connectivity index (χ0v) is 20.3. The molecule has 8 nitrogen and oxygen atoms in total. The van der Waals surface area contributed by atoms with Crippen LogP contribution in [-0.2, 0) is 20.8 Å². The predicted octanol–water partition coefficient (Wildman–Crippen LogP) is 4.31. The van der Waals surface area contributed by atoms with Crippen LogP contribution >= 0.6 is 0 Å². The van der Waals surface area contributed by atoms with Gasteiger partial charge in [0.05, 0.1) is 13.2 Å². The van der Waals surface area contributed by atoms with Crippen molar-refractivity contribution in [3.05, 3.63) is 108 Å². The monoisotopic (exact) mass is 487 g/mol. The topological polar surface area (TPSA) is 88.2 Å². The largest absolute Gasteiger partial charge is 0.463 e. The van der Waals surface area contributed by atoms with Crippen molar-refractivity contribution in [2.24, 2.45) is 0 Å². The third-order valence-electron chi connectivity index (χ3n) is 5.95. The van der Waals surface area contributed by atoms with Crippen LogP contribution in [0.1, 0.15) is 41.5 Å². The van der Waals surface area contributed by atoms with E-state index in [0.717, 1.165) is 5.56 Å². The highest BCUT2D eigenvalue weighted by Gasteiger charge is 2.63. The van der Waals surface area contributed by atoms with E-state index in [1.165, 1.54) is 5.01 Å². The number of nitrogens with zero attached hydrogens (tertiary/aromatic N) is 2. The zero-order chi connectivity index (χ0) is 25.5. The quantitative estimate of drug-likeness (QED) is 0.288. The molecule has 1 aliphatic rings. The Morgan fingerprint density at radius 3 is 1.94 bits per heavy atom. The molecule has 2 atom stereocenters. The van der Waals surface area contributed by atoms with Crippen LogP contribution in [0.15, 0.2) is 91.0 Å². The molecule has 0 aromatic heterocycles. The van der Waals surface area contributed by atoms with Gasteiger partial charge in [-0.2, -0.15) is 5.43 Å². The molecule has 4 rings (SSSR count). The molecule has 0 aliphatic carbocycles. The van der Waals surface area contributed by atoms with E-state index in [2.05, 4.69) is 5.43 Å². The number of nitrogens with one attached hydrogen (secondary N) is 1. The Morgan fingerprint density at radius 1 is 0.806 bits per heavy atom. The Kier molecular flexibility index (Phi) is 7.77. The van der Waals surface area contributed by atoms with Gasteiger partial charge in [-0.1, -0.05) is 91.0 Å². The highest BCUT2D eigenvalue weighted by Crippen LogP contribution is 2.40. The third-order valence-corrected chi connectivity index (χ3v) is 5.95. The van der Waals surface area contributed by atoms with Crippen LogP contribution in [0.2, 0.25) is 0 Å². The van der Waals surface area contributed by atoms with Crippen molar-refractivity contribution >= 4 is 17.8 Å². The number of benzene rings is 3. The summed E-state index contributed by atoms with van der Waals surface area (Å²) < 4.78 is 10.8. The molecular formula is C28H29N3O5. The predicted molar refractivity (Wildman–Crippen MR) is 133 cm³/mol. The van der Waals surface area contributed by atoms with Crippen molar-refractivity contribution in [2.45, 2.75) is 32.2 Å². The van der Waals surface area contributed by atoms with Gasteiger partial charge in [0.25, 0.3) is 5.66 Å². The summed E-state index contributed by atoms with van der Waals surface area (Å²) in [6.07, 6.45) is -1.56. The Balaban J connectivity index is 1.95. The molecule has 1 heterocycles. The molecule has 1 aliphatic heterocycles. The van der Waals surface area contributed by atoms with Crippen LogP contribution < -0.4 is 5.43 Å². The summed E-state index contributed by atoms with van der Waals surface area (Å²) in [6, 6.07) is 27.2. The summed E-state index contributed by atoms with van der Waals surface area (Å²) in [5, 5.41) is 1.21. The number of amides is 1. The Hall–Kier alpha value is -4.01. The van der Waals surface area contributed by atoms with Gasteiger partial charge in [-0.3, -0.25) is 4.79 Å². The highest BCUT2D eigenvalue weighted by atomic mass is 16.6. The van der Waals surface area contributed by atoms with Crippen molar-refractivity contribution in [3.63, 3.8) is 0 Å². The normalized spacial score (nSPS) is 19.6. The van der Waals surface area contributed by atoms with Gasteiger partial charge in [0.15, 0.2) is 0 Å². The average Bonchev–Trinajstić information content (AvgIpc) is 3.26. The van der Waals surface area contributed by atoms with E-state index in [1.807, 2.05) is 60.7 Å². The lowest BCUT2D eigenvalue weighted by atomic mass is 9.95. The van der Waals surface area contributed by atoms with Crippen LogP contribution in [0, 0.1) is 0 Å². The first-order chi connectivity index (χ1) is 17.5. The molecule has 0 saturated carbocycles. The van der Waals surface area contributed by atoms with Crippen LogP contribution in [0.3, 0.4) is 0 Å². The van der Waals surface area contributed by atoms with Crippen molar-refractivity contribution in [1.82, 2.24) is 15.3 Å². The van der Waals surface area contributed by atoms with Crippen molar-refractivity contribution < 1.29 is 23.9 Å². The average molecular weight is 488 g/mol. The Labute approximate surface area is 210 Å². The second-order valence-electron chi connectivity index (χ2n) is 8.20.